The molecule has 26 heavy (non-hydrogen) atoms. The van der Waals surface area contributed by atoms with E-state index in [0.29, 0.717) is 18.2 Å². The van der Waals surface area contributed by atoms with Crippen LogP contribution in [0.1, 0.15) is 11.5 Å². The van der Waals surface area contributed by atoms with Crippen LogP contribution in [-0.4, -0.2) is 29.9 Å². The van der Waals surface area contributed by atoms with Crippen LogP contribution in [0, 0.1) is 4.84 Å². The number of nitrogens with one attached hydrogen (secondary N) is 1. The molecule has 0 spiro atoms. The second-order valence-electron chi connectivity index (χ2n) is 5.39. The Balaban J connectivity index is 1.66. The summed E-state index contributed by atoms with van der Waals surface area (Å²) < 4.78 is 7.36. The first-order valence-corrected chi connectivity index (χ1v) is 9.25. The molecule has 0 unspecified atom stereocenters. The fourth-order valence-electron chi connectivity index (χ4n) is 2.44. The van der Waals surface area contributed by atoms with Crippen LogP contribution in [-0.2, 0) is 12.3 Å². The Morgan fingerprint density at radius 1 is 1.08 bits per heavy atom. The van der Waals surface area contributed by atoms with Gasteiger partial charge >= 0.3 is 0 Å². The van der Waals surface area contributed by atoms with Crippen LogP contribution in [0.5, 0.6) is 0 Å². The van der Waals surface area contributed by atoms with Gasteiger partial charge < -0.3 is 4.42 Å². The van der Waals surface area contributed by atoms with Gasteiger partial charge in [0.05, 0.1) is 12.3 Å². The molecular formula is C17H14N6OS2. The summed E-state index contributed by atoms with van der Waals surface area (Å²) in [5.41, 5.74) is 1.93. The molecule has 0 amide bonds. The highest BCUT2D eigenvalue weighted by Gasteiger charge is 2.16. The number of aromatic nitrogens is 6. The molecule has 0 bridgehead atoms. The summed E-state index contributed by atoms with van der Waals surface area (Å²) in [5, 5.41) is 16.1. The maximum absolute atomic E-state index is 5.31. The Hall–Kier alpha value is -2.78. The highest BCUT2D eigenvalue weighted by Crippen LogP contribution is 2.26. The van der Waals surface area contributed by atoms with Crippen LogP contribution in [0.4, 0.5) is 0 Å². The number of hydrogen-bond donors (Lipinski definition) is 1. The summed E-state index contributed by atoms with van der Waals surface area (Å²) in [6, 6.07) is 15.9. The Kier molecular flexibility index (Phi) is 4.89. The van der Waals surface area contributed by atoms with Crippen LogP contribution >= 0.6 is 24.0 Å². The molecule has 0 aliphatic carbocycles. The highest BCUT2D eigenvalue weighted by molar-refractivity contribution is 7.98. The zero-order chi connectivity index (χ0) is 17.8. The fraction of sp³-hybridized carbons (Fsp3) is 0.118. The smallest absolute Gasteiger partial charge is 0.284 e. The van der Waals surface area contributed by atoms with Gasteiger partial charge in [-0.1, -0.05) is 48.2 Å². The molecule has 0 aliphatic heterocycles. The van der Waals surface area contributed by atoms with Crippen LogP contribution in [0.2, 0.25) is 0 Å². The molecular weight excluding hydrogens is 368 g/mol. The van der Waals surface area contributed by atoms with Crippen molar-refractivity contribution in [1.82, 2.24) is 29.9 Å². The number of hydrogen-bond acceptors (Lipinski definition) is 7. The SMILES string of the molecule is S=c1[nH]nc(CSc2nnc(-c3ccccn3)n2Cc2ccccc2)o1. The predicted octanol–water partition coefficient (Wildman–Crippen LogP) is 3.73. The average molecular weight is 382 g/mol. The van der Waals surface area contributed by atoms with Crippen LogP contribution in [0.3, 0.4) is 0 Å². The first-order valence-electron chi connectivity index (χ1n) is 7.85. The minimum atomic E-state index is 0.264. The van der Waals surface area contributed by atoms with Gasteiger partial charge in [-0.3, -0.25) is 9.55 Å². The van der Waals surface area contributed by atoms with Crippen molar-refractivity contribution in [3.63, 3.8) is 0 Å². The van der Waals surface area contributed by atoms with Gasteiger partial charge in [0, 0.05) is 6.20 Å². The van der Waals surface area contributed by atoms with Gasteiger partial charge in [-0.2, -0.15) is 0 Å². The first-order chi connectivity index (χ1) is 12.8. The average Bonchev–Trinajstić information content (AvgIpc) is 3.28. The topological polar surface area (TPSA) is 85.4 Å². The lowest BCUT2D eigenvalue weighted by Gasteiger charge is -2.09. The third-order valence-corrected chi connectivity index (χ3v) is 4.73. The Labute approximate surface area is 158 Å². The van der Waals surface area contributed by atoms with Gasteiger partial charge in [-0.05, 0) is 29.9 Å². The molecule has 1 aromatic carbocycles. The Morgan fingerprint density at radius 3 is 2.65 bits per heavy atom. The van der Waals surface area contributed by atoms with Crippen molar-refractivity contribution >= 4 is 24.0 Å². The highest BCUT2D eigenvalue weighted by atomic mass is 32.2. The molecule has 7 nitrogen and oxygen atoms in total. The van der Waals surface area contributed by atoms with E-state index in [9.17, 15) is 0 Å². The fourth-order valence-corrected chi connectivity index (χ4v) is 3.36. The molecule has 4 aromatic rings. The number of rotatable bonds is 6. The minimum Gasteiger partial charge on any atom is -0.413 e. The van der Waals surface area contributed by atoms with Crippen molar-refractivity contribution < 1.29 is 4.42 Å². The van der Waals surface area contributed by atoms with E-state index in [1.54, 1.807) is 6.20 Å². The van der Waals surface area contributed by atoms with Gasteiger partial charge in [-0.15, -0.1) is 15.3 Å². The number of pyridine rings is 1. The standard InChI is InChI=1S/C17H14N6OS2/c25-17-22-19-14(24-17)11-26-16-21-20-15(13-8-4-5-9-18-13)23(16)10-12-6-2-1-3-7-12/h1-9H,10-11H2,(H,22,25). The number of H-pyrrole nitrogens is 1. The minimum absolute atomic E-state index is 0.264. The van der Waals surface area contributed by atoms with E-state index in [2.05, 4.69) is 37.5 Å². The van der Waals surface area contributed by atoms with Crippen molar-refractivity contribution in [2.45, 2.75) is 17.5 Å². The summed E-state index contributed by atoms with van der Waals surface area (Å²) >= 11 is 6.40. The Morgan fingerprint density at radius 2 is 1.92 bits per heavy atom. The quantitative estimate of drug-likeness (QED) is 0.402. The second-order valence-corrected chi connectivity index (χ2v) is 6.70. The summed E-state index contributed by atoms with van der Waals surface area (Å²) in [6.45, 7) is 0.645. The predicted molar refractivity (Wildman–Crippen MR) is 100 cm³/mol. The third-order valence-electron chi connectivity index (χ3n) is 3.60. The zero-order valence-corrected chi connectivity index (χ0v) is 15.2. The Bertz CT molecular complexity index is 1040. The van der Waals surface area contributed by atoms with Gasteiger partial charge in [-0.25, -0.2) is 5.10 Å². The van der Waals surface area contributed by atoms with Gasteiger partial charge in [0.25, 0.3) is 4.84 Å². The maximum Gasteiger partial charge on any atom is 0.284 e. The lowest BCUT2D eigenvalue weighted by Crippen LogP contribution is -2.04. The summed E-state index contributed by atoms with van der Waals surface area (Å²) in [6.07, 6.45) is 1.75. The van der Waals surface area contributed by atoms with E-state index < -0.39 is 0 Å². The normalized spacial score (nSPS) is 10.9. The van der Waals surface area contributed by atoms with Crippen LogP contribution in [0.15, 0.2) is 64.3 Å². The van der Waals surface area contributed by atoms with Crippen LogP contribution < -0.4 is 0 Å². The van der Waals surface area contributed by atoms with Gasteiger partial charge in [0.2, 0.25) is 5.89 Å². The number of benzene rings is 1. The largest absolute Gasteiger partial charge is 0.413 e. The lowest BCUT2D eigenvalue weighted by molar-refractivity contribution is 0.500. The van der Waals surface area contributed by atoms with E-state index in [0.717, 1.165) is 22.2 Å². The molecule has 0 aliphatic rings. The molecule has 0 atom stereocenters. The molecule has 0 fully saturated rings. The number of thioether (sulfide) groups is 1. The lowest BCUT2D eigenvalue weighted by atomic mass is 10.2. The van der Waals surface area contributed by atoms with Gasteiger partial charge in [0.1, 0.15) is 5.69 Å². The van der Waals surface area contributed by atoms with E-state index >= 15 is 0 Å². The molecule has 3 heterocycles. The van der Waals surface area contributed by atoms with Gasteiger partial charge in [0.15, 0.2) is 11.0 Å². The van der Waals surface area contributed by atoms with Crippen molar-refractivity contribution in [3.8, 4) is 11.5 Å². The van der Waals surface area contributed by atoms with Crippen molar-refractivity contribution in [1.29, 1.82) is 0 Å². The second kappa shape index (κ2) is 7.63. The van der Waals surface area contributed by atoms with Crippen LogP contribution in [0.25, 0.3) is 11.5 Å². The van der Waals surface area contributed by atoms with E-state index in [4.69, 9.17) is 16.6 Å². The summed E-state index contributed by atoms with van der Waals surface area (Å²) in [4.78, 5) is 4.67. The molecule has 0 radical (unpaired) electrons. The molecule has 1 N–H and O–H groups in total. The molecule has 130 valence electrons. The molecule has 4 rings (SSSR count). The van der Waals surface area contributed by atoms with Crippen molar-refractivity contribution in [3.05, 3.63) is 71.0 Å². The molecule has 0 saturated carbocycles. The van der Waals surface area contributed by atoms with E-state index in [1.165, 1.54) is 11.8 Å². The first kappa shape index (κ1) is 16.7. The molecule has 9 heteroatoms. The third kappa shape index (κ3) is 3.73. The number of aromatic amines is 1. The monoisotopic (exact) mass is 382 g/mol. The molecule has 3 aromatic heterocycles. The summed E-state index contributed by atoms with van der Waals surface area (Å²) in [5.74, 6) is 1.75. The maximum atomic E-state index is 5.31. The van der Waals surface area contributed by atoms with E-state index in [-0.39, 0.29) is 4.84 Å². The zero-order valence-electron chi connectivity index (χ0n) is 13.6. The number of nitrogens with zero attached hydrogens (tertiary/aromatic N) is 5. The molecule has 0 saturated heterocycles. The summed E-state index contributed by atoms with van der Waals surface area (Å²) in [7, 11) is 0. The van der Waals surface area contributed by atoms with E-state index in [1.807, 2.05) is 41.0 Å². The van der Waals surface area contributed by atoms with Crippen molar-refractivity contribution in [2.75, 3.05) is 0 Å². The van der Waals surface area contributed by atoms with Crippen molar-refractivity contribution in [2.24, 2.45) is 0 Å².